The summed E-state index contributed by atoms with van der Waals surface area (Å²) in [5.41, 5.74) is -3.74. The van der Waals surface area contributed by atoms with Gasteiger partial charge in [0, 0.05) is 6.07 Å². The number of aromatic nitrogens is 2. The summed E-state index contributed by atoms with van der Waals surface area (Å²) >= 11 is 5.38. The molecule has 0 saturated carbocycles. The molecular formula is C13H11ClF3N3O3S2. The summed E-state index contributed by atoms with van der Waals surface area (Å²) in [5, 5.41) is 19.2. The van der Waals surface area contributed by atoms with E-state index < -0.39 is 28.9 Å². The fourth-order valence-electron chi connectivity index (χ4n) is 1.54. The maximum absolute atomic E-state index is 12.7. The SMILES string of the molecule is Cc1nnc([S+]([O-])c2ccc(NC(=O)[C@@](C)(O)C(F)(F)F)c(Cl)c2)s1. The maximum Gasteiger partial charge on any atom is 0.426 e. The smallest absolute Gasteiger partial charge is 0.426 e. The number of alkyl halides is 3. The molecule has 0 radical (unpaired) electrons. The lowest BCUT2D eigenvalue weighted by atomic mass is 10.1. The number of hydrogen-bond donors (Lipinski definition) is 2. The third-order valence-corrected chi connectivity index (χ3v) is 5.79. The van der Waals surface area contributed by atoms with E-state index >= 15 is 0 Å². The molecule has 12 heteroatoms. The van der Waals surface area contributed by atoms with Gasteiger partial charge in [-0.05, 0) is 37.3 Å². The Labute approximate surface area is 152 Å². The van der Waals surface area contributed by atoms with E-state index in [1.165, 1.54) is 18.2 Å². The Balaban J connectivity index is 2.21. The van der Waals surface area contributed by atoms with Crippen LogP contribution in [0.3, 0.4) is 0 Å². The van der Waals surface area contributed by atoms with Crippen LogP contribution in [0.1, 0.15) is 11.9 Å². The second kappa shape index (κ2) is 7.08. The summed E-state index contributed by atoms with van der Waals surface area (Å²) in [5.74, 6) is -1.68. The van der Waals surface area contributed by atoms with Gasteiger partial charge in [0.2, 0.25) is 5.60 Å². The summed E-state index contributed by atoms with van der Waals surface area (Å²) in [6, 6.07) is 3.73. The van der Waals surface area contributed by atoms with Crippen molar-refractivity contribution in [2.75, 3.05) is 5.32 Å². The second-order valence-corrected chi connectivity index (χ2v) is 8.26. The first-order valence-corrected chi connectivity index (χ1v) is 8.90. The number of halogens is 4. The highest BCUT2D eigenvalue weighted by atomic mass is 35.5. The Morgan fingerprint density at radius 3 is 2.52 bits per heavy atom. The molecule has 136 valence electrons. The van der Waals surface area contributed by atoms with E-state index in [1.807, 2.05) is 5.32 Å². The molecule has 25 heavy (non-hydrogen) atoms. The number of benzene rings is 1. The quantitative estimate of drug-likeness (QED) is 0.751. The van der Waals surface area contributed by atoms with E-state index in [0.717, 1.165) is 11.3 Å². The minimum Gasteiger partial charge on any atom is -0.605 e. The van der Waals surface area contributed by atoms with Gasteiger partial charge < -0.3 is 15.0 Å². The molecule has 0 aliphatic carbocycles. The van der Waals surface area contributed by atoms with Gasteiger partial charge in [0.15, 0.2) is 4.90 Å². The molecule has 0 bridgehead atoms. The van der Waals surface area contributed by atoms with E-state index in [1.54, 1.807) is 6.92 Å². The Bertz CT molecular complexity index is 798. The van der Waals surface area contributed by atoms with Crippen LogP contribution in [-0.4, -0.2) is 37.5 Å². The highest BCUT2D eigenvalue weighted by Crippen LogP contribution is 2.33. The number of carbonyl (C=O) groups is 1. The molecule has 0 aliphatic rings. The Kier molecular flexibility index (Phi) is 5.64. The number of aryl methyl sites for hydroxylation is 1. The van der Waals surface area contributed by atoms with Crippen LogP contribution in [0.5, 0.6) is 0 Å². The van der Waals surface area contributed by atoms with Crippen LogP contribution in [0.15, 0.2) is 27.4 Å². The van der Waals surface area contributed by atoms with Crippen LogP contribution in [0.4, 0.5) is 18.9 Å². The molecular weight excluding hydrogens is 403 g/mol. The molecule has 2 aromatic rings. The van der Waals surface area contributed by atoms with Crippen LogP contribution in [0, 0.1) is 6.92 Å². The van der Waals surface area contributed by atoms with Crippen molar-refractivity contribution in [1.82, 2.24) is 10.2 Å². The third-order valence-electron chi connectivity index (χ3n) is 3.06. The van der Waals surface area contributed by atoms with Crippen molar-refractivity contribution in [3.63, 3.8) is 0 Å². The fraction of sp³-hybridized carbons (Fsp3) is 0.308. The number of nitrogens with zero attached hydrogens (tertiary/aromatic N) is 2. The number of anilines is 1. The Hall–Kier alpha value is -1.40. The van der Waals surface area contributed by atoms with Gasteiger partial charge in [-0.25, -0.2) is 0 Å². The van der Waals surface area contributed by atoms with Crippen molar-refractivity contribution in [1.29, 1.82) is 0 Å². The molecule has 1 heterocycles. The number of hydrogen-bond acceptors (Lipinski definition) is 6. The van der Waals surface area contributed by atoms with Gasteiger partial charge in [0.25, 0.3) is 5.91 Å². The van der Waals surface area contributed by atoms with E-state index in [-0.39, 0.29) is 19.9 Å². The van der Waals surface area contributed by atoms with E-state index in [2.05, 4.69) is 10.2 Å². The molecule has 2 atom stereocenters. The zero-order valence-electron chi connectivity index (χ0n) is 12.7. The molecule has 1 aromatic carbocycles. The molecule has 2 N–H and O–H groups in total. The average Bonchev–Trinajstić information content (AvgIpc) is 2.93. The fourth-order valence-corrected chi connectivity index (χ4v) is 3.93. The first-order valence-electron chi connectivity index (χ1n) is 6.55. The summed E-state index contributed by atoms with van der Waals surface area (Å²) in [6.45, 7) is 2.02. The second-order valence-electron chi connectivity index (χ2n) is 5.02. The Morgan fingerprint density at radius 1 is 1.40 bits per heavy atom. The highest BCUT2D eigenvalue weighted by Gasteiger charge is 2.55. The Morgan fingerprint density at radius 2 is 2.04 bits per heavy atom. The lowest BCUT2D eigenvalue weighted by Gasteiger charge is -2.25. The van der Waals surface area contributed by atoms with Gasteiger partial charge in [-0.1, -0.05) is 16.7 Å². The number of rotatable bonds is 4. The first kappa shape index (κ1) is 19.9. The number of carbonyl (C=O) groups excluding carboxylic acids is 1. The minimum atomic E-state index is -5.15. The van der Waals surface area contributed by atoms with Gasteiger partial charge in [-0.15, -0.1) is 5.10 Å². The van der Waals surface area contributed by atoms with Crippen molar-refractivity contribution >= 4 is 45.7 Å². The minimum absolute atomic E-state index is 0.140. The van der Waals surface area contributed by atoms with Gasteiger partial charge in [-0.2, -0.15) is 13.2 Å². The van der Waals surface area contributed by atoms with Gasteiger partial charge in [0.05, 0.1) is 21.9 Å². The largest absolute Gasteiger partial charge is 0.605 e. The van der Waals surface area contributed by atoms with Gasteiger partial charge >= 0.3 is 10.5 Å². The van der Waals surface area contributed by atoms with Crippen LogP contribution >= 0.6 is 22.9 Å². The number of amides is 1. The molecule has 1 amide bonds. The predicted octanol–water partition coefficient (Wildman–Crippen LogP) is 2.92. The molecule has 0 spiro atoms. The lowest BCUT2D eigenvalue weighted by molar-refractivity contribution is -0.242. The molecule has 2 rings (SSSR count). The van der Waals surface area contributed by atoms with E-state index in [9.17, 15) is 27.6 Å². The molecule has 0 fully saturated rings. The summed E-state index contributed by atoms with van der Waals surface area (Å²) in [4.78, 5) is 11.9. The van der Waals surface area contributed by atoms with Crippen molar-refractivity contribution in [2.45, 2.75) is 34.9 Å². The van der Waals surface area contributed by atoms with E-state index in [0.29, 0.717) is 11.9 Å². The zero-order chi connectivity index (χ0) is 19.0. The molecule has 1 aromatic heterocycles. The standard InChI is InChI=1S/C13H11ClF3N3O3S2/c1-6-19-20-11(24-6)25(23)7-3-4-9(8(14)5-7)18-10(21)12(2,22)13(15,16)17/h3-5,22H,1-2H3,(H,18,21)/t12-,25?/m1/s1. The van der Waals surface area contributed by atoms with Crippen LogP contribution in [0.2, 0.25) is 5.02 Å². The average molecular weight is 414 g/mol. The summed E-state index contributed by atoms with van der Waals surface area (Å²) in [7, 11) is 0. The monoisotopic (exact) mass is 413 g/mol. The van der Waals surface area contributed by atoms with Crippen molar-refractivity contribution in [3.8, 4) is 0 Å². The third kappa shape index (κ3) is 4.23. The topological polar surface area (TPSA) is 98.2 Å². The van der Waals surface area contributed by atoms with Crippen molar-refractivity contribution < 1.29 is 27.6 Å². The summed E-state index contributed by atoms with van der Waals surface area (Å²) < 4.78 is 50.5. The zero-order valence-corrected chi connectivity index (χ0v) is 15.1. The van der Waals surface area contributed by atoms with Gasteiger partial charge in [0.1, 0.15) is 5.01 Å². The molecule has 6 nitrogen and oxygen atoms in total. The first-order chi connectivity index (χ1) is 11.4. The predicted molar refractivity (Wildman–Crippen MR) is 86.1 cm³/mol. The van der Waals surface area contributed by atoms with Crippen molar-refractivity contribution in [2.24, 2.45) is 0 Å². The van der Waals surface area contributed by atoms with Crippen LogP contribution in [0.25, 0.3) is 0 Å². The molecule has 0 aliphatic heterocycles. The molecule has 0 saturated heterocycles. The van der Waals surface area contributed by atoms with Crippen LogP contribution < -0.4 is 5.32 Å². The van der Waals surface area contributed by atoms with Gasteiger partial charge in [-0.3, -0.25) is 4.79 Å². The van der Waals surface area contributed by atoms with E-state index in [4.69, 9.17) is 11.6 Å². The lowest BCUT2D eigenvalue weighted by Crippen LogP contribution is -2.52. The maximum atomic E-state index is 12.7. The number of aliphatic hydroxyl groups is 1. The normalized spacial score (nSPS) is 15.5. The number of nitrogens with one attached hydrogen (secondary N) is 1. The summed E-state index contributed by atoms with van der Waals surface area (Å²) in [6.07, 6.45) is -5.15. The highest BCUT2D eigenvalue weighted by molar-refractivity contribution is 7.93. The van der Waals surface area contributed by atoms with Crippen LogP contribution in [-0.2, 0) is 16.0 Å². The van der Waals surface area contributed by atoms with Crippen molar-refractivity contribution in [3.05, 3.63) is 28.2 Å². The molecule has 1 unspecified atom stereocenters.